The Morgan fingerprint density at radius 2 is 1.20 bits per heavy atom. The van der Waals surface area contributed by atoms with Gasteiger partial charge in [-0.25, -0.2) is 0 Å². The van der Waals surface area contributed by atoms with Crippen molar-refractivity contribution >= 4 is 0 Å². The quantitative estimate of drug-likeness (QED) is 0.326. The number of rotatable bonds is 0. The third kappa shape index (κ3) is 24.8. The fourth-order valence-corrected chi connectivity index (χ4v) is 0. The average Bonchev–Trinajstić information content (AvgIpc) is 0.918. The molecule has 0 radical (unpaired) electrons. The summed E-state index contributed by atoms with van der Waals surface area (Å²) in [6.45, 7) is 0. The molecule has 0 aromatic heterocycles. The van der Waals surface area contributed by atoms with Gasteiger partial charge in [-0.3, -0.25) is 0 Å². The molecule has 0 aromatic rings. The Bertz CT molecular complexity index is 27.9. The predicted octanol–water partition coefficient (Wildman–Crippen LogP) is -3.41. The second-order valence-corrected chi connectivity index (χ2v) is 0.344. The molecule has 0 saturated carbocycles. The van der Waals surface area contributed by atoms with Crippen LogP contribution in [0.4, 0.5) is 0 Å². The van der Waals surface area contributed by atoms with Gasteiger partial charge in [0.15, 0.2) is 0 Å². The van der Waals surface area contributed by atoms with E-state index >= 15 is 0 Å². The first-order valence-corrected chi connectivity index (χ1v) is 1.68. The molecule has 0 heterocycles. The van der Waals surface area contributed by atoms with Crippen LogP contribution in [-0.2, 0) is 25.7 Å². The second-order valence-electron chi connectivity index (χ2n) is 0.0833. The SMILES string of the molecule is [K+].[OH-].[O]=[Ti]=[O]. The van der Waals surface area contributed by atoms with Crippen LogP contribution in [-0.4, -0.2) is 5.48 Å². The zero-order valence-corrected chi connectivity index (χ0v) is 7.45. The summed E-state index contributed by atoms with van der Waals surface area (Å²) in [6.07, 6.45) is 0. The van der Waals surface area contributed by atoms with Crippen molar-refractivity contribution in [1.29, 1.82) is 0 Å². The van der Waals surface area contributed by atoms with Gasteiger partial charge in [-0.15, -0.1) is 0 Å². The fraction of sp³-hybridized carbons (Fsp3) is 0. The van der Waals surface area contributed by atoms with Crippen molar-refractivity contribution in [3.05, 3.63) is 0 Å². The van der Waals surface area contributed by atoms with Crippen molar-refractivity contribution in [2.75, 3.05) is 0 Å². The zero-order valence-electron chi connectivity index (χ0n) is 2.76. The average molecular weight is 136 g/mol. The van der Waals surface area contributed by atoms with Crippen LogP contribution >= 0.6 is 0 Å². The van der Waals surface area contributed by atoms with Gasteiger partial charge in [0.25, 0.3) is 0 Å². The van der Waals surface area contributed by atoms with Crippen LogP contribution in [0.25, 0.3) is 0 Å². The van der Waals surface area contributed by atoms with Crippen LogP contribution in [0.3, 0.4) is 0 Å². The van der Waals surface area contributed by atoms with E-state index < -0.39 is 19.1 Å². The zero-order chi connectivity index (χ0) is 2.71. The molecule has 0 amide bonds. The van der Waals surface area contributed by atoms with Gasteiger partial charge < -0.3 is 5.48 Å². The first-order chi connectivity index (χ1) is 1.41. The van der Waals surface area contributed by atoms with Gasteiger partial charge in [-0.2, -0.15) is 0 Å². The maximum atomic E-state index is 8.50. The van der Waals surface area contributed by atoms with Crippen molar-refractivity contribution in [2.45, 2.75) is 0 Å². The summed E-state index contributed by atoms with van der Waals surface area (Å²) in [5.41, 5.74) is 0. The summed E-state index contributed by atoms with van der Waals surface area (Å²) in [7, 11) is 0. The second kappa shape index (κ2) is 16.8. The molecule has 0 aliphatic heterocycles. The molecule has 0 rings (SSSR count). The molecular weight excluding hydrogens is 135 g/mol. The molecule has 3 nitrogen and oxygen atoms in total. The topological polar surface area (TPSA) is 64.1 Å². The van der Waals surface area contributed by atoms with Gasteiger partial charge in [0.1, 0.15) is 0 Å². The molecule has 0 aliphatic carbocycles. The van der Waals surface area contributed by atoms with Crippen molar-refractivity contribution in [3.8, 4) is 0 Å². The Morgan fingerprint density at radius 1 is 1.20 bits per heavy atom. The summed E-state index contributed by atoms with van der Waals surface area (Å²) < 4.78 is 17.0. The van der Waals surface area contributed by atoms with Crippen LogP contribution in [0.15, 0.2) is 0 Å². The van der Waals surface area contributed by atoms with Crippen molar-refractivity contribution < 1.29 is 82.6 Å². The van der Waals surface area contributed by atoms with Crippen molar-refractivity contribution in [1.82, 2.24) is 0 Å². The van der Waals surface area contributed by atoms with E-state index in [9.17, 15) is 0 Å². The molecule has 0 bridgehead atoms. The molecule has 0 spiro atoms. The van der Waals surface area contributed by atoms with E-state index in [4.69, 9.17) is 6.65 Å². The van der Waals surface area contributed by atoms with Gasteiger partial charge >= 0.3 is 77.1 Å². The minimum atomic E-state index is -2.00. The van der Waals surface area contributed by atoms with E-state index in [1.54, 1.807) is 0 Å². The van der Waals surface area contributed by atoms with Crippen molar-refractivity contribution in [3.63, 3.8) is 0 Å². The monoisotopic (exact) mass is 136 g/mol. The fourth-order valence-electron chi connectivity index (χ4n) is 0. The Labute approximate surface area is 80.8 Å². The molecule has 0 aliphatic rings. The van der Waals surface area contributed by atoms with Gasteiger partial charge in [-0.05, 0) is 0 Å². The van der Waals surface area contributed by atoms with Crippen LogP contribution in [0.5, 0.6) is 0 Å². The predicted molar refractivity (Wildman–Crippen MR) is 3.31 cm³/mol. The summed E-state index contributed by atoms with van der Waals surface area (Å²) >= 11 is -2.00. The van der Waals surface area contributed by atoms with E-state index in [1.165, 1.54) is 0 Å². The molecule has 5 heteroatoms. The van der Waals surface area contributed by atoms with E-state index in [2.05, 4.69) is 0 Å². The Morgan fingerprint density at radius 3 is 1.20 bits per heavy atom. The molecule has 5 heavy (non-hydrogen) atoms. The Balaban J connectivity index is -0.0000000200. The third-order valence-electron chi connectivity index (χ3n) is 0. The van der Waals surface area contributed by atoms with Gasteiger partial charge in [0, 0.05) is 0 Å². The van der Waals surface area contributed by atoms with Crippen molar-refractivity contribution in [2.24, 2.45) is 0 Å². The van der Waals surface area contributed by atoms with Crippen LogP contribution in [0, 0.1) is 0 Å². The van der Waals surface area contributed by atoms with E-state index in [-0.39, 0.29) is 56.9 Å². The summed E-state index contributed by atoms with van der Waals surface area (Å²) in [5, 5.41) is 0. The van der Waals surface area contributed by atoms with E-state index in [0.717, 1.165) is 0 Å². The van der Waals surface area contributed by atoms with Gasteiger partial charge in [0.2, 0.25) is 0 Å². The molecule has 24 valence electrons. The first-order valence-electron chi connectivity index (χ1n) is 0.408. The first kappa shape index (κ1) is 15.8. The Kier molecular flexibility index (Phi) is 53.1. The molecule has 0 aromatic carbocycles. The minimum absolute atomic E-state index is 0. The van der Waals surface area contributed by atoms with Gasteiger partial charge in [-0.1, -0.05) is 0 Å². The normalized spacial score (nSPS) is 1.60. The van der Waals surface area contributed by atoms with Crippen LogP contribution in [0.2, 0.25) is 0 Å². The molecule has 0 unspecified atom stereocenters. The summed E-state index contributed by atoms with van der Waals surface area (Å²) in [6, 6.07) is 0. The molecule has 0 saturated heterocycles. The number of hydrogen-bond acceptors (Lipinski definition) is 3. The third-order valence-corrected chi connectivity index (χ3v) is 0. The van der Waals surface area contributed by atoms with Crippen LogP contribution in [0.1, 0.15) is 0 Å². The summed E-state index contributed by atoms with van der Waals surface area (Å²) in [4.78, 5) is 0. The van der Waals surface area contributed by atoms with Gasteiger partial charge in [0.05, 0.1) is 0 Å². The molecule has 0 fully saturated rings. The number of hydrogen-bond donors (Lipinski definition) is 0. The molecular formula is HKO3Ti. The molecule has 0 atom stereocenters. The standard InChI is InChI=1S/K.H2O.2O.Ti/h;1H2;;;/q+1;;;;/p-1. The van der Waals surface area contributed by atoms with E-state index in [1.807, 2.05) is 0 Å². The summed E-state index contributed by atoms with van der Waals surface area (Å²) in [5.74, 6) is 0. The van der Waals surface area contributed by atoms with E-state index in [0.29, 0.717) is 0 Å². The Hall–Kier alpha value is 1.91. The molecule has 1 N–H and O–H groups in total. The maximum absolute atomic E-state index is 8.50. The van der Waals surface area contributed by atoms with Crippen LogP contribution < -0.4 is 51.4 Å².